The number of hydrogen-bond donors (Lipinski definition) is 1. The van der Waals surface area contributed by atoms with Gasteiger partial charge in [0.15, 0.2) is 0 Å². The molecule has 136 valence electrons. The van der Waals surface area contributed by atoms with E-state index in [1.807, 2.05) is 17.9 Å². The molecule has 2 atom stereocenters. The monoisotopic (exact) mass is 344 g/mol. The highest BCUT2D eigenvalue weighted by atomic mass is 16.5. The van der Waals surface area contributed by atoms with Crippen molar-refractivity contribution in [3.8, 4) is 0 Å². The molecule has 5 heteroatoms. The van der Waals surface area contributed by atoms with Gasteiger partial charge < -0.3 is 15.0 Å². The Kier molecular flexibility index (Phi) is 5.74. The maximum absolute atomic E-state index is 12.8. The molecule has 2 unspecified atom stereocenters. The predicted octanol–water partition coefficient (Wildman–Crippen LogP) is 2.15. The van der Waals surface area contributed by atoms with Crippen molar-refractivity contribution in [3.63, 3.8) is 0 Å². The molecule has 1 aromatic carbocycles. The Morgan fingerprint density at radius 2 is 2.16 bits per heavy atom. The zero-order valence-electron chi connectivity index (χ0n) is 15.0. The highest BCUT2D eigenvalue weighted by molar-refractivity contribution is 5.86. The summed E-state index contributed by atoms with van der Waals surface area (Å²) in [7, 11) is 0. The molecule has 0 bridgehead atoms. The second-order valence-electron chi connectivity index (χ2n) is 7.46. The first-order valence-electron chi connectivity index (χ1n) is 9.28. The fourth-order valence-electron chi connectivity index (χ4n) is 3.64. The third-order valence-corrected chi connectivity index (χ3v) is 5.33. The summed E-state index contributed by atoms with van der Waals surface area (Å²) in [5, 5.41) is 2.83. The van der Waals surface area contributed by atoms with Gasteiger partial charge in [-0.3, -0.25) is 9.59 Å². The molecule has 0 aromatic heterocycles. The molecular weight excluding hydrogens is 316 g/mol. The minimum absolute atomic E-state index is 0.0475. The summed E-state index contributed by atoms with van der Waals surface area (Å²) in [5.41, 5.74) is 0.873. The number of rotatable bonds is 6. The van der Waals surface area contributed by atoms with Crippen LogP contribution in [0.15, 0.2) is 30.3 Å². The summed E-state index contributed by atoms with van der Waals surface area (Å²) in [4.78, 5) is 26.1. The molecule has 1 N–H and O–H groups in total. The molecule has 3 rings (SSSR count). The number of likely N-dealkylation sites (tertiary alicyclic amines) is 1. The Bertz CT molecular complexity index is 592. The molecule has 0 radical (unpaired) electrons. The van der Waals surface area contributed by atoms with Crippen LogP contribution >= 0.6 is 0 Å². The van der Waals surface area contributed by atoms with Crippen molar-refractivity contribution < 1.29 is 14.3 Å². The Morgan fingerprint density at radius 1 is 1.36 bits per heavy atom. The number of carbonyl (C=O) groups is 2. The van der Waals surface area contributed by atoms with Crippen LogP contribution in [0.1, 0.15) is 38.2 Å². The van der Waals surface area contributed by atoms with Crippen molar-refractivity contribution in [2.75, 3.05) is 26.2 Å². The number of nitrogens with zero attached hydrogens (tertiary/aromatic N) is 1. The number of amides is 2. The molecule has 2 heterocycles. The topological polar surface area (TPSA) is 58.6 Å². The van der Waals surface area contributed by atoms with Gasteiger partial charge in [0.25, 0.3) is 0 Å². The van der Waals surface area contributed by atoms with E-state index in [-0.39, 0.29) is 17.9 Å². The highest BCUT2D eigenvalue weighted by Gasteiger charge is 2.41. The van der Waals surface area contributed by atoms with Gasteiger partial charge in [0.1, 0.15) is 0 Å². The SMILES string of the molecule is CC1(C(=O)N2CCC(OCCCc3ccccc3)C2)CCC(=O)NC1. The first-order valence-corrected chi connectivity index (χ1v) is 9.28. The number of hydrogen-bond acceptors (Lipinski definition) is 3. The standard InChI is InChI=1S/C20H28N2O3/c1-20(11-9-18(23)21-15-20)19(24)22-12-10-17(14-22)25-13-5-8-16-6-3-2-4-7-16/h2-4,6-7,17H,5,8-15H2,1H3,(H,21,23). The normalized spacial score (nSPS) is 26.5. The molecule has 1 aromatic rings. The lowest BCUT2D eigenvalue weighted by molar-refractivity contribution is -0.143. The summed E-state index contributed by atoms with van der Waals surface area (Å²) in [6, 6.07) is 10.4. The maximum atomic E-state index is 12.8. The van der Waals surface area contributed by atoms with Gasteiger partial charge in [-0.2, -0.15) is 0 Å². The van der Waals surface area contributed by atoms with Crippen molar-refractivity contribution in [2.45, 2.75) is 45.1 Å². The Balaban J connectivity index is 1.39. The third kappa shape index (κ3) is 4.60. The fourth-order valence-corrected chi connectivity index (χ4v) is 3.64. The number of benzene rings is 1. The van der Waals surface area contributed by atoms with Gasteiger partial charge in [0.2, 0.25) is 11.8 Å². The zero-order valence-corrected chi connectivity index (χ0v) is 15.0. The lowest BCUT2D eigenvalue weighted by Gasteiger charge is -2.35. The number of carbonyl (C=O) groups excluding carboxylic acids is 2. The smallest absolute Gasteiger partial charge is 0.230 e. The van der Waals surface area contributed by atoms with Gasteiger partial charge in [0, 0.05) is 32.7 Å². The van der Waals surface area contributed by atoms with Crippen molar-refractivity contribution in [1.29, 1.82) is 0 Å². The molecule has 2 aliphatic rings. The fraction of sp³-hybridized carbons (Fsp3) is 0.600. The van der Waals surface area contributed by atoms with Crippen molar-refractivity contribution in [3.05, 3.63) is 35.9 Å². The molecule has 0 saturated carbocycles. The lowest BCUT2D eigenvalue weighted by Crippen LogP contribution is -2.51. The van der Waals surface area contributed by atoms with E-state index in [0.717, 1.165) is 32.4 Å². The first-order chi connectivity index (χ1) is 12.1. The minimum atomic E-state index is -0.462. The molecule has 5 nitrogen and oxygen atoms in total. The molecule has 2 aliphatic heterocycles. The van der Waals surface area contributed by atoms with Crippen LogP contribution in [0.4, 0.5) is 0 Å². The van der Waals surface area contributed by atoms with Crippen LogP contribution in [-0.2, 0) is 20.7 Å². The van der Waals surface area contributed by atoms with E-state index < -0.39 is 5.41 Å². The summed E-state index contributed by atoms with van der Waals surface area (Å²) in [6.07, 6.45) is 4.14. The van der Waals surface area contributed by atoms with E-state index in [1.54, 1.807) is 0 Å². The average molecular weight is 344 g/mol. The van der Waals surface area contributed by atoms with E-state index >= 15 is 0 Å². The number of ether oxygens (including phenoxy) is 1. The second kappa shape index (κ2) is 8.00. The Hall–Kier alpha value is -1.88. The van der Waals surface area contributed by atoms with E-state index in [9.17, 15) is 9.59 Å². The van der Waals surface area contributed by atoms with E-state index in [0.29, 0.717) is 25.9 Å². The number of aryl methyl sites for hydroxylation is 1. The van der Waals surface area contributed by atoms with E-state index in [4.69, 9.17) is 4.74 Å². The van der Waals surface area contributed by atoms with Gasteiger partial charge in [-0.1, -0.05) is 30.3 Å². The summed E-state index contributed by atoms with van der Waals surface area (Å²) in [5.74, 6) is 0.203. The molecule has 2 fully saturated rings. The molecule has 2 amide bonds. The summed E-state index contributed by atoms with van der Waals surface area (Å²) in [6.45, 7) is 4.57. The zero-order chi connectivity index (χ0) is 17.7. The van der Waals surface area contributed by atoms with Crippen LogP contribution in [0.5, 0.6) is 0 Å². The number of piperidine rings is 1. The van der Waals surface area contributed by atoms with Crippen LogP contribution in [0.3, 0.4) is 0 Å². The van der Waals surface area contributed by atoms with Gasteiger partial charge in [-0.15, -0.1) is 0 Å². The van der Waals surface area contributed by atoms with Crippen LogP contribution < -0.4 is 5.32 Å². The maximum Gasteiger partial charge on any atom is 0.230 e. The molecule has 0 spiro atoms. The largest absolute Gasteiger partial charge is 0.376 e. The predicted molar refractivity (Wildman–Crippen MR) is 96.1 cm³/mol. The highest BCUT2D eigenvalue weighted by Crippen LogP contribution is 2.30. The summed E-state index contributed by atoms with van der Waals surface area (Å²) < 4.78 is 5.98. The van der Waals surface area contributed by atoms with Gasteiger partial charge in [0.05, 0.1) is 11.5 Å². The van der Waals surface area contributed by atoms with Crippen LogP contribution in [-0.4, -0.2) is 49.1 Å². The van der Waals surface area contributed by atoms with Crippen LogP contribution in [0.2, 0.25) is 0 Å². The first kappa shape index (κ1) is 17.9. The van der Waals surface area contributed by atoms with E-state index in [2.05, 4.69) is 29.6 Å². The Morgan fingerprint density at radius 3 is 2.88 bits per heavy atom. The molecule has 25 heavy (non-hydrogen) atoms. The van der Waals surface area contributed by atoms with Crippen molar-refractivity contribution in [2.24, 2.45) is 5.41 Å². The quantitative estimate of drug-likeness (QED) is 0.805. The summed E-state index contributed by atoms with van der Waals surface area (Å²) >= 11 is 0. The van der Waals surface area contributed by atoms with Crippen LogP contribution in [0, 0.1) is 5.41 Å². The average Bonchev–Trinajstić information content (AvgIpc) is 3.10. The van der Waals surface area contributed by atoms with Gasteiger partial charge in [-0.05, 0) is 38.2 Å². The van der Waals surface area contributed by atoms with Crippen LogP contribution in [0.25, 0.3) is 0 Å². The second-order valence-corrected chi connectivity index (χ2v) is 7.46. The van der Waals surface area contributed by atoms with Gasteiger partial charge >= 0.3 is 0 Å². The van der Waals surface area contributed by atoms with Crippen molar-refractivity contribution >= 4 is 11.8 Å². The molecular formula is C20H28N2O3. The Labute approximate surface area is 149 Å². The molecule has 2 saturated heterocycles. The lowest BCUT2D eigenvalue weighted by atomic mass is 9.81. The minimum Gasteiger partial charge on any atom is -0.376 e. The van der Waals surface area contributed by atoms with Crippen molar-refractivity contribution in [1.82, 2.24) is 10.2 Å². The van der Waals surface area contributed by atoms with Gasteiger partial charge in [-0.25, -0.2) is 0 Å². The molecule has 0 aliphatic carbocycles. The third-order valence-electron chi connectivity index (χ3n) is 5.33. The van der Waals surface area contributed by atoms with E-state index in [1.165, 1.54) is 5.56 Å². The number of nitrogens with one attached hydrogen (secondary N) is 1.